The molecule has 0 unspecified atom stereocenters. The van der Waals surface area contributed by atoms with Crippen LogP contribution in [-0.2, 0) is 26.2 Å². The van der Waals surface area contributed by atoms with E-state index in [1.54, 1.807) is 38.1 Å². The molecular formula is C25H34BrN3O5S. The molecule has 0 saturated heterocycles. The minimum absolute atomic E-state index is 0.152. The van der Waals surface area contributed by atoms with Gasteiger partial charge in [-0.3, -0.25) is 13.9 Å². The van der Waals surface area contributed by atoms with Crippen LogP contribution >= 0.6 is 15.9 Å². The quantitative estimate of drug-likeness (QED) is 0.370. The van der Waals surface area contributed by atoms with Crippen molar-refractivity contribution in [1.29, 1.82) is 0 Å². The smallest absolute Gasteiger partial charge is 0.244 e. The van der Waals surface area contributed by atoms with Crippen LogP contribution in [0.2, 0.25) is 0 Å². The van der Waals surface area contributed by atoms with E-state index in [-0.39, 0.29) is 18.1 Å². The van der Waals surface area contributed by atoms with Gasteiger partial charge in [0.25, 0.3) is 0 Å². The molecule has 0 bridgehead atoms. The van der Waals surface area contributed by atoms with E-state index in [0.717, 1.165) is 33.4 Å². The molecule has 0 radical (unpaired) electrons. The summed E-state index contributed by atoms with van der Waals surface area (Å²) in [5.74, 6) is -0.426. The Balaban J connectivity index is 2.38. The molecule has 0 fully saturated rings. The van der Waals surface area contributed by atoms with Crippen molar-refractivity contribution in [2.24, 2.45) is 0 Å². The lowest BCUT2D eigenvalue weighted by Gasteiger charge is -2.32. The van der Waals surface area contributed by atoms with Crippen molar-refractivity contribution in [3.8, 4) is 5.75 Å². The zero-order chi connectivity index (χ0) is 26.0. The molecule has 1 N–H and O–H groups in total. The predicted molar refractivity (Wildman–Crippen MR) is 142 cm³/mol. The molecular weight excluding hydrogens is 534 g/mol. The van der Waals surface area contributed by atoms with Crippen LogP contribution in [0.3, 0.4) is 0 Å². The summed E-state index contributed by atoms with van der Waals surface area (Å²) < 4.78 is 33.0. The molecule has 0 aliphatic rings. The van der Waals surface area contributed by atoms with Crippen molar-refractivity contribution in [1.82, 2.24) is 10.2 Å². The topological polar surface area (TPSA) is 96.0 Å². The maximum Gasteiger partial charge on any atom is 0.244 e. The summed E-state index contributed by atoms with van der Waals surface area (Å²) in [6, 6.07) is 13.3. The summed E-state index contributed by atoms with van der Waals surface area (Å²) in [6.45, 7) is 6.01. The van der Waals surface area contributed by atoms with E-state index >= 15 is 0 Å². The van der Waals surface area contributed by atoms with Gasteiger partial charge in [-0.05, 0) is 50.1 Å². The number of para-hydroxylation sites is 2. The zero-order valence-corrected chi connectivity index (χ0v) is 23.1. The minimum atomic E-state index is -3.83. The summed E-state index contributed by atoms with van der Waals surface area (Å²) in [6.07, 6.45) is 2.80. The van der Waals surface area contributed by atoms with E-state index in [0.29, 0.717) is 18.9 Å². The van der Waals surface area contributed by atoms with Crippen molar-refractivity contribution in [3.05, 3.63) is 58.6 Å². The summed E-state index contributed by atoms with van der Waals surface area (Å²) in [7, 11) is -3.83. The van der Waals surface area contributed by atoms with E-state index in [2.05, 4.69) is 21.2 Å². The highest BCUT2D eigenvalue weighted by Gasteiger charge is 2.31. The zero-order valence-electron chi connectivity index (χ0n) is 20.7. The van der Waals surface area contributed by atoms with Crippen LogP contribution < -0.4 is 14.4 Å². The number of nitrogens with zero attached hydrogens (tertiary/aromatic N) is 2. The second-order valence-electron chi connectivity index (χ2n) is 8.14. The molecule has 0 saturated carbocycles. The first-order valence-corrected chi connectivity index (χ1v) is 14.2. The van der Waals surface area contributed by atoms with Crippen LogP contribution in [0.1, 0.15) is 39.2 Å². The van der Waals surface area contributed by atoms with E-state index in [1.807, 2.05) is 31.2 Å². The molecule has 35 heavy (non-hydrogen) atoms. The predicted octanol–water partition coefficient (Wildman–Crippen LogP) is 3.95. The Morgan fingerprint density at radius 3 is 2.34 bits per heavy atom. The third-order valence-corrected chi connectivity index (χ3v) is 7.03. The number of unbranched alkanes of at least 4 members (excludes halogenated alkanes) is 1. The SMILES string of the molecule is CCCCNC(=O)[C@@H](C)N(Cc1ccc(Br)cc1)C(=O)CN(c1ccccc1OCC)S(C)(=O)=O. The van der Waals surface area contributed by atoms with Gasteiger partial charge in [0.15, 0.2) is 0 Å². The largest absolute Gasteiger partial charge is 0.492 e. The number of sulfonamides is 1. The fourth-order valence-electron chi connectivity index (χ4n) is 3.44. The number of amides is 2. The Labute approximate surface area is 216 Å². The molecule has 2 amide bonds. The average molecular weight is 569 g/mol. The Hall–Kier alpha value is -2.59. The van der Waals surface area contributed by atoms with Crippen LogP contribution in [-0.4, -0.2) is 57.1 Å². The molecule has 0 aliphatic heterocycles. The van der Waals surface area contributed by atoms with Gasteiger partial charge < -0.3 is 15.0 Å². The number of rotatable bonds is 13. The molecule has 8 nitrogen and oxygen atoms in total. The Kier molecular flexibility index (Phi) is 11.0. The number of nitrogens with one attached hydrogen (secondary N) is 1. The van der Waals surface area contributed by atoms with Crippen LogP contribution in [0, 0.1) is 0 Å². The number of hydrogen-bond acceptors (Lipinski definition) is 5. The van der Waals surface area contributed by atoms with Gasteiger partial charge in [0.1, 0.15) is 18.3 Å². The first-order chi connectivity index (χ1) is 16.6. The van der Waals surface area contributed by atoms with Crippen molar-refractivity contribution < 1.29 is 22.7 Å². The normalized spacial score (nSPS) is 12.0. The lowest BCUT2D eigenvalue weighted by Crippen LogP contribution is -2.51. The van der Waals surface area contributed by atoms with Crippen LogP contribution in [0.4, 0.5) is 5.69 Å². The number of anilines is 1. The number of carbonyl (C=O) groups is 2. The standard InChI is InChI=1S/C25H34BrN3O5S/c1-5-7-16-27-25(31)19(3)28(17-20-12-14-21(26)15-13-20)24(30)18-29(35(4,32)33)22-10-8-9-11-23(22)34-6-2/h8-15,19H,5-7,16-18H2,1-4H3,(H,27,31)/t19-/m1/s1. The Bertz CT molecular complexity index is 1090. The number of halogens is 1. The fourth-order valence-corrected chi connectivity index (χ4v) is 4.56. The maximum absolute atomic E-state index is 13.6. The van der Waals surface area contributed by atoms with Gasteiger partial charge in [-0.1, -0.05) is 53.5 Å². The number of ether oxygens (including phenoxy) is 1. The summed E-state index contributed by atoms with van der Waals surface area (Å²) in [5, 5.41) is 2.86. The molecule has 0 spiro atoms. The molecule has 192 valence electrons. The highest BCUT2D eigenvalue weighted by atomic mass is 79.9. The number of hydrogen-bond donors (Lipinski definition) is 1. The van der Waals surface area contributed by atoms with E-state index in [9.17, 15) is 18.0 Å². The van der Waals surface area contributed by atoms with E-state index in [4.69, 9.17) is 4.74 Å². The van der Waals surface area contributed by atoms with Gasteiger partial charge in [0.05, 0.1) is 18.6 Å². The van der Waals surface area contributed by atoms with Gasteiger partial charge in [0.2, 0.25) is 21.8 Å². The fraction of sp³-hybridized carbons (Fsp3) is 0.440. The first kappa shape index (κ1) is 28.6. The van der Waals surface area contributed by atoms with E-state index < -0.39 is 28.5 Å². The molecule has 0 aromatic heterocycles. The molecule has 0 heterocycles. The van der Waals surface area contributed by atoms with Crippen molar-refractivity contribution >= 4 is 43.5 Å². The van der Waals surface area contributed by atoms with Gasteiger partial charge in [-0.2, -0.15) is 0 Å². The Morgan fingerprint density at radius 2 is 1.74 bits per heavy atom. The van der Waals surface area contributed by atoms with Crippen molar-refractivity contribution in [2.75, 3.05) is 30.3 Å². The van der Waals surface area contributed by atoms with Crippen LogP contribution in [0.25, 0.3) is 0 Å². The monoisotopic (exact) mass is 567 g/mol. The summed E-state index contributed by atoms with van der Waals surface area (Å²) in [4.78, 5) is 27.8. The lowest BCUT2D eigenvalue weighted by molar-refractivity contribution is -0.139. The van der Waals surface area contributed by atoms with Crippen LogP contribution in [0.5, 0.6) is 5.75 Å². The Morgan fingerprint density at radius 1 is 1.09 bits per heavy atom. The second-order valence-corrected chi connectivity index (χ2v) is 11.0. The van der Waals surface area contributed by atoms with Gasteiger partial charge >= 0.3 is 0 Å². The van der Waals surface area contributed by atoms with Gasteiger partial charge in [-0.15, -0.1) is 0 Å². The maximum atomic E-state index is 13.6. The summed E-state index contributed by atoms with van der Waals surface area (Å²) in [5.41, 5.74) is 1.09. The molecule has 1 atom stereocenters. The van der Waals surface area contributed by atoms with E-state index in [1.165, 1.54) is 4.90 Å². The molecule has 2 aromatic rings. The van der Waals surface area contributed by atoms with Crippen molar-refractivity contribution in [2.45, 2.75) is 46.2 Å². The van der Waals surface area contributed by atoms with Crippen LogP contribution in [0.15, 0.2) is 53.0 Å². The molecule has 0 aliphatic carbocycles. The van der Waals surface area contributed by atoms with Crippen molar-refractivity contribution in [3.63, 3.8) is 0 Å². The van der Waals surface area contributed by atoms with Gasteiger partial charge in [0, 0.05) is 17.6 Å². The second kappa shape index (κ2) is 13.5. The number of benzene rings is 2. The number of carbonyl (C=O) groups excluding carboxylic acids is 2. The third-order valence-electron chi connectivity index (χ3n) is 5.38. The first-order valence-electron chi connectivity index (χ1n) is 11.6. The average Bonchev–Trinajstić information content (AvgIpc) is 2.81. The highest BCUT2D eigenvalue weighted by molar-refractivity contribution is 9.10. The molecule has 2 aromatic carbocycles. The highest BCUT2D eigenvalue weighted by Crippen LogP contribution is 2.30. The summed E-state index contributed by atoms with van der Waals surface area (Å²) >= 11 is 3.40. The molecule has 10 heteroatoms. The lowest BCUT2D eigenvalue weighted by atomic mass is 10.1. The third kappa shape index (κ3) is 8.54. The minimum Gasteiger partial charge on any atom is -0.492 e. The van der Waals surface area contributed by atoms with Gasteiger partial charge in [-0.25, -0.2) is 8.42 Å². The molecule has 2 rings (SSSR count).